The molecule has 202 valence electrons. The normalized spacial score (nSPS) is 13.9. The van der Waals surface area contributed by atoms with E-state index >= 15 is 0 Å². The molecule has 36 heavy (non-hydrogen) atoms. The van der Waals surface area contributed by atoms with Crippen LogP contribution in [0.2, 0.25) is 0 Å². The van der Waals surface area contributed by atoms with Crippen LogP contribution in [0, 0.1) is 5.41 Å². The third kappa shape index (κ3) is 24.6. The van der Waals surface area contributed by atoms with Gasteiger partial charge in [-0.1, -0.05) is 93.7 Å². The zero-order valence-electron chi connectivity index (χ0n) is 23.0. The Balaban J connectivity index is 3.86. The first-order chi connectivity index (χ1) is 17.3. The van der Waals surface area contributed by atoms with Crippen molar-refractivity contribution in [3.8, 4) is 0 Å². The molecular formula is C31H49NO4. The van der Waals surface area contributed by atoms with Gasteiger partial charge in [-0.2, -0.15) is 0 Å². The van der Waals surface area contributed by atoms with Crippen molar-refractivity contribution in [1.82, 2.24) is 5.32 Å². The van der Waals surface area contributed by atoms with Crippen molar-refractivity contribution in [1.29, 1.82) is 0 Å². The molecule has 5 heteroatoms. The number of Topliss-reactive ketones (excluding diaryl/α,β-unsaturated/α-hetero) is 1. The molecule has 0 aliphatic rings. The number of ketones is 1. The lowest BCUT2D eigenvalue weighted by Crippen LogP contribution is -2.33. The Morgan fingerprint density at radius 3 is 1.69 bits per heavy atom. The predicted molar refractivity (Wildman–Crippen MR) is 151 cm³/mol. The molecule has 0 heterocycles. The Morgan fingerprint density at radius 2 is 1.25 bits per heavy atom. The maximum absolute atomic E-state index is 12.0. The van der Waals surface area contributed by atoms with Gasteiger partial charge >= 0.3 is 0 Å². The molecule has 0 saturated heterocycles. The molecule has 1 atom stereocenters. The van der Waals surface area contributed by atoms with Crippen molar-refractivity contribution < 1.29 is 19.4 Å². The summed E-state index contributed by atoms with van der Waals surface area (Å²) in [5.74, 6) is -0.0632. The van der Waals surface area contributed by atoms with Crippen molar-refractivity contribution in [3.05, 3.63) is 72.9 Å². The zero-order chi connectivity index (χ0) is 26.9. The van der Waals surface area contributed by atoms with E-state index in [1.807, 2.05) is 26.0 Å². The maximum Gasteiger partial charge on any atom is 0.220 e. The van der Waals surface area contributed by atoms with Gasteiger partial charge in [-0.25, -0.2) is 0 Å². The monoisotopic (exact) mass is 499 g/mol. The molecule has 0 fully saturated rings. The van der Waals surface area contributed by atoms with Gasteiger partial charge in [0.15, 0.2) is 6.29 Å². The summed E-state index contributed by atoms with van der Waals surface area (Å²) in [6, 6.07) is 0. The van der Waals surface area contributed by atoms with Gasteiger partial charge in [-0.05, 0) is 50.9 Å². The Labute approximate surface area is 219 Å². The van der Waals surface area contributed by atoms with Gasteiger partial charge in [-0.15, -0.1) is 0 Å². The minimum atomic E-state index is -0.894. The Morgan fingerprint density at radius 1 is 0.806 bits per heavy atom. The Kier molecular flexibility index (Phi) is 21.3. The van der Waals surface area contributed by atoms with E-state index in [0.29, 0.717) is 19.4 Å². The molecule has 0 aromatic heterocycles. The number of ether oxygens (including phenoxy) is 1. The number of hydrogen-bond acceptors (Lipinski definition) is 4. The molecule has 1 unspecified atom stereocenters. The average Bonchev–Trinajstić information content (AvgIpc) is 2.81. The molecule has 0 aliphatic heterocycles. The standard InChI is InChI=1S/C31H49NO4/c1-5-6-7-8-9-10-11-12-13-14-15-16-17-18-19-20-21-22-23-30(35)36-27-31(3,4)26-29(34)32-25-24-28(2)33/h6-7,9-10,12-13,15-16,18-19,21-22,30,35H,5,8,11,14,17,20,23-27H2,1-4H3,(H,32,34)/b7-6-,10-9-,13-12-,16-15-,19-18-,22-21-. The minimum Gasteiger partial charge on any atom is -0.368 e. The van der Waals surface area contributed by atoms with Gasteiger partial charge in [0.05, 0.1) is 6.61 Å². The zero-order valence-corrected chi connectivity index (χ0v) is 23.0. The highest BCUT2D eigenvalue weighted by Gasteiger charge is 2.23. The molecule has 0 aliphatic carbocycles. The van der Waals surface area contributed by atoms with Crippen molar-refractivity contribution in [2.24, 2.45) is 5.41 Å². The highest BCUT2D eigenvalue weighted by Crippen LogP contribution is 2.21. The van der Waals surface area contributed by atoms with Gasteiger partial charge in [0.25, 0.3) is 0 Å². The number of amides is 1. The Bertz CT molecular complexity index is 757. The molecule has 0 saturated carbocycles. The number of carbonyl (C=O) groups is 2. The van der Waals surface area contributed by atoms with Crippen LogP contribution in [0.25, 0.3) is 0 Å². The molecule has 0 spiro atoms. The summed E-state index contributed by atoms with van der Waals surface area (Å²) < 4.78 is 5.51. The van der Waals surface area contributed by atoms with E-state index in [2.05, 4.69) is 73.0 Å². The van der Waals surface area contributed by atoms with Crippen molar-refractivity contribution in [2.75, 3.05) is 13.2 Å². The number of allylic oxidation sites excluding steroid dienone is 11. The smallest absolute Gasteiger partial charge is 0.220 e. The summed E-state index contributed by atoms with van der Waals surface area (Å²) in [7, 11) is 0. The first kappa shape index (κ1) is 33.5. The molecule has 1 amide bonds. The minimum absolute atomic E-state index is 0.0513. The number of hydrogen-bond donors (Lipinski definition) is 2. The molecule has 0 rings (SSSR count). The molecule has 0 bridgehead atoms. The fourth-order valence-electron chi connectivity index (χ4n) is 3.05. The van der Waals surface area contributed by atoms with Crippen molar-refractivity contribution in [2.45, 2.75) is 91.8 Å². The molecular weight excluding hydrogens is 450 g/mol. The van der Waals surface area contributed by atoms with Crippen LogP contribution in [0.3, 0.4) is 0 Å². The highest BCUT2D eigenvalue weighted by atomic mass is 16.6. The fraction of sp³-hybridized carbons (Fsp3) is 0.548. The van der Waals surface area contributed by atoms with Crippen LogP contribution in [0.5, 0.6) is 0 Å². The third-order valence-corrected chi connectivity index (χ3v) is 5.04. The number of rotatable bonds is 21. The lowest BCUT2D eigenvalue weighted by molar-refractivity contribution is -0.133. The second kappa shape index (κ2) is 22.9. The van der Waals surface area contributed by atoms with Crippen LogP contribution >= 0.6 is 0 Å². The van der Waals surface area contributed by atoms with Crippen molar-refractivity contribution in [3.63, 3.8) is 0 Å². The van der Waals surface area contributed by atoms with Crippen LogP contribution in [-0.2, 0) is 14.3 Å². The van der Waals surface area contributed by atoms with E-state index in [9.17, 15) is 14.7 Å². The third-order valence-electron chi connectivity index (χ3n) is 5.04. The van der Waals surface area contributed by atoms with E-state index < -0.39 is 11.7 Å². The first-order valence-electron chi connectivity index (χ1n) is 13.2. The van der Waals surface area contributed by atoms with Gasteiger partial charge in [0.1, 0.15) is 5.78 Å². The lowest BCUT2D eigenvalue weighted by Gasteiger charge is -2.25. The fourth-order valence-corrected chi connectivity index (χ4v) is 3.05. The Hall–Kier alpha value is -2.50. The highest BCUT2D eigenvalue weighted by molar-refractivity contribution is 5.79. The van der Waals surface area contributed by atoms with Crippen LogP contribution < -0.4 is 5.32 Å². The van der Waals surface area contributed by atoms with Crippen molar-refractivity contribution >= 4 is 11.7 Å². The van der Waals surface area contributed by atoms with Crippen LogP contribution in [0.4, 0.5) is 0 Å². The average molecular weight is 500 g/mol. The summed E-state index contributed by atoms with van der Waals surface area (Å²) in [6.45, 7) is 8.12. The topological polar surface area (TPSA) is 75.6 Å². The first-order valence-corrected chi connectivity index (χ1v) is 13.2. The second-order valence-corrected chi connectivity index (χ2v) is 9.56. The molecule has 0 aromatic carbocycles. The lowest BCUT2D eigenvalue weighted by atomic mass is 9.90. The summed E-state index contributed by atoms with van der Waals surface area (Å²) in [5.41, 5.74) is -0.403. The van der Waals surface area contributed by atoms with Gasteiger partial charge < -0.3 is 15.2 Å². The van der Waals surface area contributed by atoms with E-state index in [1.54, 1.807) is 0 Å². The second-order valence-electron chi connectivity index (χ2n) is 9.56. The predicted octanol–water partition coefficient (Wildman–Crippen LogP) is 6.92. The largest absolute Gasteiger partial charge is 0.368 e. The number of aliphatic hydroxyl groups is 1. The maximum atomic E-state index is 12.0. The van der Waals surface area contributed by atoms with Gasteiger partial charge in [0, 0.05) is 25.8 Å². The summed E-state index contributed by atoms with van der Waals surface area (Å²) in [4.78, 5) is 22.9. The van der Waals surface area contributed by atoms with E-state index in [4.69, 9.17) is 4.74 Å². The molecule has 2 N–H and O–H groups in total. The number of nitrogens with one attached hydrogen (secondary N) is 1. The van der Waals surface area contributed by atoms with Crippen LogP contribution in [-0.4, -0.2) is 36.2 Å². The van der Waals surface area contributed by atoms with E-state index in [-0.39, 0.29) is 24.7 Å². The van der Waals surface area contributed by atoms with E-state index in [1.165, 1.54) is 6.92 Å². The summed E-state index contributed by atoms with van der Waals surface area (Å²) >= 11 is 0. The summed E-state index contributed by atoms with van der Waals surface area (Å²) in [6.07, 6.45) is 31.6. The number of aliphatic hydroxyl groups excluding tert-OH is 1. The number of carbonyl (C=O) groups excluding carboxylic acids is 2. The molecule has 5 nitrogen and oxygen atoms in total. The molecule has 0 radical (unpaired) electrons. The van der Waals surface area contributed by atoms with Crippen LogP contribution in [0.15, 0.2) is 72.9 Å². The molecule has 0 aromatic rings. The SMILES string of the molecule is CC/C=C\C/C=C\C/C=C\C/C=C\C/C=C\C/C=C\CC(O)OCC(C)(C)CC(=O)NCCC(C)=O. The van der Waals surface area contributed by atoms with Gasteiger partial charge in [0.2, 0.25) is 5.91 Å². The van der Waals surface area contributed by atoms with Crippen LogP contribution in [0.1, 0.15) is 85.5 Å². The summed E-state index contributed by atoms with van der Waals surface area (Å²) in [5, 5.41) is 12.8. The van der Waals surface area contributed by atoms with Gasteiger partial charge in [-0.3, -0.25) is 9.59 Å². The van der Waals surface area contributed by atoms with E-state index in [0.717, 1.165) is 38.5 Å². The quantitative estimate of drug-likeness (QED) is 0.133.